The number of carbonyl (C=O) groups excluding carboxylic acids is 1. The van der Waals surface area contributed by atoms with Crippen molar-refractivity contribution in [1.29, 1.82) is 0 Å². The SMILES string of the molecule is C=CC(=O)N1CCN(c2nc(OCC3CCCN3C)nc3c(F)c(-c4cccc5ccc(F)c(Cl)c45)c(F)cc23)C(C)C1. The van der Waals surface area contributed by atoms with Gasteiger partial charge in [-0.3, -0.25) is 4.79 Å². The number of likely N-dealkylation sites (tertiary alicyclic amines) is 1. The Morgan fingerprint density at radius 2 is 1.95 bits per heavy atom. The minimum absolute atomic E-state index is 0.0296. The highest BCUT2D eigenvalue weighted by molar-refractivity contribution is 6.37. The van der Waals surface area contributed by atoms with E-state index in [0.29, 0.717) is 37.4 Å². The number of benzene rings is 3. The minimum Gasteiger partial charge on any atom is -0.462 e. The smallest absolute Gasteiger partial charge is 0.319 e. The van der Waals surface area contributed by atoms with Gasteiger partial charge in [-0.05, 0) is 62.5 Å². The molecule has 0 saturated carbocycles. The van der Waals surface area contributed by atoms with Crippen molar-refractivity contribution in [2.75, 3.05) is 44.7 Å². The summed E-state index contributed by atoms with van der Waals surface area (Å²) in [4.78, 5) is 27.1. The molecule has 2 unspecified atom stereocenters. The molecule has 43 heavy (non-hydrogen) atoms. The summed E-state index contributed by atoms with van der Waals surface area (Å²) >= 11 is 6.32. The lowest BCUT2D eigenvalue weighted by molar-refractivity contribution is -0.126. The zero-order valence-corrected chi connectivity index (χ0v) is 24.7. The molecule has 2 aliphatic rings. The van der Waals surface area contributed by atoms with Crippen LogP contribution in [0.3, 0.4) is 0 Å². The second kappa shape index (κ2) is 11.7. The van der Waals surface area contributed by atoms with Gasteiger partial charge in [0.1, 0.15) is 29.6 Å². The highest BCUT2D eigenvalue weighted by Crippen LogP contribution is 2.41. The Labute approximate surface area is 252 Å². The van der Waals surface area contributed by atoms with Gasteiger partial charge in [0.15, 0.2) is 5.82 Å². The monoisotopic (exact) mass is 609 g/mol. The molecular weight excluding hydrogens is 579 g/mol. The summed E-state index contributed by atoms with van der Waals surface area (Å²) < 4.78 is 53.2. The van der Waals surface area contributed by atoms with Crippen LogP contribution < -0.4 is 9.64 Å². The van der Waals surface area contributed by atoms with E-state index in [1.54, 1.807) is 17.0 Å². The molecule has 0 aliphatic carbocycles. The zero-order chi connectivity index (χ0) is 30.4. The summed E-state index contributed by atoms with van der Waals surface area (Å²) in [5.41, 5.74) is -0.386. The highest BCUT2D eigenvalue weighted by atomic mass is 35.5. The molecule has 3 heterocycles. The van der Waals surface area contributed by atoms with Crippen molar-refractivity contribution in [3.05, 3.63) is 71.5 Å². The van der Waals surface area contributed by atoms with E-state index < -0.39 is 17.5 Å². The van der Waals surface area contributed by atoms with Crippen LogP contribution in [0.2, 0.25) is 5.02 Å². The lowest BCUT2D eigenvalue weighted by Crippen LogP contribution is -2.53. The number of likely N-dealkylation sites (N-methyl/N-ethyl adjacent to an activating group) is 1. The number of piperazine rings is 1. The van der Waals surface area contributed by atoms with Crippen LogP contribution >= 0.6 is 11.6 Å². The first-order valence-corrected chi connectivity index (χ1v) is 14.6. The van der Waals surface area contributed by atoms with Crippen LogP contribution in [0.25, 0.3) is 32.8 Å². The normalized spacial score (nSPS) is 19.4. The van der Waals surface area contributed by atoms with E-state index in [0.717, 1.165) is 19.4 Å². The maximum atomic E-state index is 16.6. The summed E-state index contributed by atoms with van der Waals surface area (Å²) in [5, 5.41) is 0.683. The molecule has 4 aromatic rings. The van der Waals surface area contributed by atoms with Gasteiger partial charge in [-0.1, -0.05) is 42.4 Å². The first-order valence-electron chi connectivity index (χ1n) is 14.3. The lowest BCUT2D eigenvalue weighted by Gasteiger charge is -2.40. The van der Waals surface area contributed by atoms with Crippen molar-refractivity contribution in [3.8, 4) is 17.1 Å². The number of hydrogen-bond donors (Lipinski definition) is 0. The van der Waals surface area contributed by atoms with Gasteiger partial charge in [-0.25, -0.2) is 13.2 Å². The molecule has 1 aromatic heterocycles. The summed E-state index contributed by atoms with van der Waals surface area (Å²) in [6.45, 7) is 7.89. The third-order valence-electron chi connectivity index (χ3n) is 8.51. The largest absolute Gasteiger partial charge is 0.462 e. The standard InChI is InChI=1S/C32H31ClF3N5O2/c1-4-25(42)40-13-14-41(18(2)16-40)31-22-15-24(35)27(21-9-5-7-19-10-11-23(34)28(33)26(19)21)29(36)30(22)37-32(38-31)43-17-20-8-6-12-39(20)3/h4-5,7,9-11,15,18,20H,1,6,8,12-14,16-17H2,2-3H3. The van der Waals surface area contributed by atoms with E-state index in [2.05, 4.69) is 21.4 Å². The molecule has 7 nitrogen and oxygen atoms in total. The summed E-state index contributed by atoms with van der Waals surface area (Å²) in [7, 11) is 2.02. The average molecular weight is 610 g/mol. The maximum absolute atomic E-state index is 16.6. The first kappa shape index (κ1) is 29.2. The number of halogens is 4. The molecule has 224 valence electrons. The van der Waals surface area contributed by atoms with Crippen molar-refractivity contribution in [2.24, 2.45) is 0 Å². The number of fused-ring (bicyclic) bond motifs is 2. The number of aromatic nitrogens is 2. The molecule has 0 N–H and O–H groups in total. The Bertz CT molecular complexity index is 1750. The van der Waals surface area contributed by atoms with Gasteiger partial charge in [0.05, 0.1) is 10.6 Å². The number of nitrogens with zero attached hydrogens (tertiary/aromatic N) is 5. The minimum atomic E-state index is -0.928. The fourth-order valence-electron chi connectivity index (χ4n) is 6.17. The van der Waals surface area contributed by atoms with E-state index in [1.807, 2.05) is 18.9 Å². The van der Waals surface area contributed by atoms with Crippen molar-refractivity contribution < 1.29 is 22.7 Å². The van der Waals surface area contributed by atoms with Crippen LogP contribution in [-0.2, 0) is 4.79 Å². The third kappa shape index (κ3) is 5.27. The van der Waals surface area contributed by atoms with Crippen LogP contribution in [-0.4, -0.2) is 77.6 Å². The number of ether oxygens (including phenoxy) is 1. The molecular formula is C32H31ClF3N5O2. The summed E-state index contributed by atoms with van der Waals surface area (Å²) in [6.07, 6.45) is 3.27. The maximum Gasteiger partial charge on any atom is 0.319 e. The predicted molar refractivity (Wildman–Crippen MR) is 162 cm³/mol. The first-order chi connectivity index (χ1) is 20.7. The number of amides is 1. The Hall–Kier alpha value is -3.89. The molecule has 6 rings (SSSR count). The Kier molecular flexibility index (Phi) is 7.91. The van der Waals surface area contributed by atoms with Gasteiger partial charge in [-0.15, -0.1) is 0 Å². The van der Waals surface area contributed by atoms with Crippen molar-refractivity contribution in [1.82, 2.24) is 19.8 Å². The molecule has 2 saturated heterocycles. The Morgan fingerprint density at radius 1 is 1.14 bits per heavy atom. The molecule has 1 amide bonds. The molecule has 2 fully saturated rings. The van der Waals surface area contributed by atoms with E-state index >= 15 is 8.78 Å². The molecule has 3 aromatic carbocycles. The van der Waals surface area contributed by atoms with Crippen LogP contribution in [0, 0.1) is 17.5 Å². The van der Waals surface area contributed by atoms with Gasteiger partial charge in [0.2, 0.25) is 5.91 Å². The molecule has 2 aliphatic heterocycles. The zero-order valence-electron chi connectivity index (χ0n) is 23.9. The molecule has 0 radical (unpaired) electrons. The predicted octanol–water partition coefficient (Wildman–Crippen LogP) is 6.22. The van der Waals surface area contributed by atoms with Crippen molar-refractivity contribution in [3.63, 3.8) is 0 Å². The number of rotatable bonds is 6. The van der Waals surface area contributed by atoms with E-state index in [4.69, 9.17) is 16.3 Å². The van der Waals surface area contributed by atoms with Crippen LogP contribution in [0.4, 0.5) is 19.0 Å². The Balaban J connectivity index is 1.51. The number of hydrogen-bond acceptors (Lipinski definition) is 6. The summed E-state index contributed by atoms with van der Waals surface area (Å²) in [5.74, 6) is -2.36. The topological polar surface area (TPSA) is 61.8 Å². The van der Waals surface area contributed by atoms with E-state index in [9.17, 15) is 9.18 Å². The Morgan fingerprint density at radius 3 is 2.67 bits per heavy atom. The highest BCUT2D eigenvalue weighted by Gasteiger charge is 2.31. The van der Waals surface area contributed by atoms with E-state index in [1.165, 1.54) is 30.3 Å². The fraction of sp³-hybridized carbons (Fsp3) is 0.344. The number of anilines is 1. The molecule has 11 heteroatoms. The van der Waals surface area contributed by atoms with Crippen LogP contribution in [0.5, 0.6) is 6.01 Å². The molecule has 2 atom stereocenters. The summed E-state index contributed by atoms with van der Waals surface area (Å²) in [6, 6.07) is 8.69. The van der Waals surface area contributed by atoms with Gasteiger partial charge in [-0.2, -0.15) is 9.97 Å². The fourth-order valence-corrected chi connectivity index (χ4v) is 6.44. The van der Waals surface area contributed by atoms with Gasteiger partial charge < -0.3 is 19.4 Å². The second-order valence-corrected chi connectivity index (χ2v) is 11.5. The van der Waals surface area contributed by atoms with Crippen LogP contribution in [0.1, 0.15) is 19.8 Å². The van der Waals surface area contributed by atoms with Gasteiger partial charge >= 0.3 is 6.01 Å². The third-order valence-corrected chi connectivity index (χ3v) is 8.88. The quantitative estimate of drug-likeness (QED) is 0.242. The van der Waals surface area contributed by atoms with Crippen LogP contribution in [0.15, 0.2) is 49.1 Å². The number of carbonyl (C=O) groups is 1. The molecule has 0 spiro atoms. The van der Waals surface area contributed by atoms with Gasteiger partial charge in [0, 0.05) is 42.5 Å². The van der Waals surface area contributed by atoms with E-state index in [-0.39, 0.29) is 56.4 Å². The van der Waals surface area contributed by atoms with Crippen molar-refractivity contribution in [2.45, 2.75) is 31.8 Å². The lowest BCUT2D eigenvalue weighted by atomic mass is 9.96. The average Bonchev–Trinajstić information content (AvgIpc) is 3.42. The molecule has 0 bridgehead atoms. The van der Waals surface area contributed by atoms with Gasteiger partial charge in [0.25, 0.3) is 0 Å². The van der Waals surface area contributed by atoms with Crippen molar-refractivity contribution >= 4 is 45.0 Å². The second-order valence-electron chi connectivity index (χ2n) is 11.2.